The molecule has 6 nitrogen and oxygen atoms in total. The van der Waals surface area contributed by atoms with Crippen LogP contribution >= 0.6 is 0 Å². The number of benzene rings is 1. The zero-order valence-corrected chi connectivity index (χ0v) is 10.9. The van der Waals surface area contributed by atoms with Gasteiger partial charge in [-0.05, 0) is 23.8 Å². The first-order chi connectivity index (χ1) is 10.1. The highest BCUT2D eigenvalue weighted by atomic mass is 16.5. The van der Waals surface area contributed by atoms with E-state index in [-0.39, 0.29) is 17.4 Å². The molecular formula is C15H12N2O4. The summed E-state index contributed by atoms with van der Waals surface area (Å²) in [6, 6.07) is 11.9. The van der Waals surface area contributed by atoms with E-state index in [0.29, 0.717) is 12.2 Å². The Morgan fingerprint density at radius 3 is 2.76 bits per heavy atom. The Bertz CT molecular complexity index is 689. The number of aromatic carboxylic acids is 1. The Labute approximate surface area is 120 Å². The van der Waals surface area contributed by atoms with Crippen LogP contribution in [0.3, 0.4) is 0 Å². The standard InChI is InChI=1S/C15H12N2O4/c18-14(12-8-9-4-1-2-6-11(9)21-12)17-13-7-3-5-10(16-13)15(19)20/h1-7,12H,8H2,(H,19,20)(H,16,17,18). The van der Waals surface area contributed by atoms with Crippen molar-refractivity contribution in [2.75, 3.05) is 5.32 Å². The summed E-state index contributed by atoms with van der Waals surface area (Å²) in [4.78, 5) is 26.8. The molecule has 2 N–H and O–H groups in total. The van der Waals surface area contributed by atoms with Crippen molar-refractivity contribution in [3.05, 3.63) is 53.7 Å². The lowest BCUT2D eigenvalue weighted by Crippen LogP contribution is -2.31. The van der Waals surface area contributed by atoms with Gasteiger partial charge >= 0.3 is 5.97 Å². The Hall–Kier alpha value is -2.89. The summed E-state index contributed by atoms with van der Waals surface area (Å²) in [6.45, 7) is 0. The molecule has 0 fully saturated rings. The minimum atomic E-state index is -1.14. The average Bonchev–Trinajstić information content (AvgIpc) is 2.91. The third-order valence-corrected chi connectivity index (χ3v) is 3.16. The smallest absolute Gasteiger partial charge is 0.354 e. The summed E-state index contributed by atoms with van der Waals surface area (Å²) in [6.07, 6.45) is -0.140. The van der Waals surface area contributed by atoms with Crippen molar-refractivity contribution in [2.45, 2.75) is 12.5 Å². The molecule has 0 bridgehead atoms. The topological polar surface area (TPSA) is 88.5 Å². The van der Waals surface area contributed by atoms with Gasteiger partial charge < -0.3 is 15.2 Å². The fourth-order valence-electron chi connectivity index (χ4n) is 2.16. The van der Waals surface area contributed by atoms with Crippen molar-refractivity contribution in [1.29, 1.82) is 0 Å². The molecule has 0 saturated heterocycles. The maximum atomic E-state index is 12.1. The van der Waals surface area contributed by atoms with Gasteiger partial charge in [0.15, 0.2) is 11.8 Å². The van der Waals surface area contributed by atoms with Gasteiger partial charge in [0.1, 0.15) is 11.6 Å². The number of para-hydroxylation sites is 1. The maximum Gasteiger partial charge on any atom is 0.354 e. The summed E-state index contributed by atoms with van der Waals surface area (Å²) < 4.78 is 5.56. The van der Waals surface area contributed by atoms with Gasteiger partial charge in [-0.2, -0.15) is 0 Å². The monoisotopic (exact) mass is 284 g/mol. The molecule has 2 aromatic rings. The fourth-order valence-corrected chi connectivity index (χ4v) is 2.16. The van der Waals surface area contributed by atoms with Crippen molar-refractivity contribution < 1.29 is 19.4 Å². The van der Waals surface area contributed by atoms with E-state index in [0.717, 1.165) is 5.56 Å². The molecule has 1 amide bonds. The van der Waals surface area contributed by atoms with Crippen LogP contribution < -0.4 is 10.1 Å². The van der Waals surface area contributed by atoms with Crippen LogP contribution in [0.2, 0.25) is 0 Å². The molecule has 1 aromatic carbocycles. The van der Waals surface area contributed by atoms with Gasteiger partial charge in [0.05, 0.1) is 0 Å². The molecule has 1 aliphatic heterocycles. The van der Waals surface area contributed by atoms with Gasteiger partial charge in [-0.1, -0.05) is 24.3 Å². The number of nitrogens with one attached hydrogen (secondary N) is 1. The molecule has 21 heavy (non-hydrogen) atoms. The molecule has 1 unspecified atom stereocenters. The van der Waals surface area contributed by atoms with Crippen molar-refractivity contribution in [1.82, 2.24) is 4.98 Å². The second-order valence-electron chi connectivity index (χ2n) is 4.62. The van der Waals surface area contributed by atoms with Crippen LogP contribution in [0.15, 0.2) is 42.5 Å². The predicted octanol–water partition coefficient (Wildman–Crippen LogP) is 1.72. The van der Waals surface area contributed by atoms with Gasteiger partial charge in [-0.25, -0.2) is 9.78 Å². The van der Waals surface area contributed by atoms with Crippen LogP contribution in [0, 0.1) is 0 Å². The number of amides is 1. The third kappa shape index (κ3) is 2.69. The van der Waals surface area contributed by atoms with Crippen LogP contribution in [0.4, 0.5) is 5.82 Å². The summed E-state index contributed by atoms with van der Waals surface area (Å²) in [7, 11) is 0. The fraction of sp³-hybridized carbons (Fsp3) is 0.133. The normalized spacial score (nSPS) is 15.9. The van der Waals surface area contributed by atoms with E-state index < -0.39 is 12.1 Å². The molecule has 0 radical (unpaired) electrons. The van der Waals surface area contributed by atoms with E-state index in [1.165, 1.54) is 18.2 Å². The van der Waals surface area contributed by atoms with Crippen LogP contribution in [0.25, 0.3) is 0 Å². The molecule has 0 aliphatic carbocycles. The SMILES string of the molecule is O=C(O)c1cccc(NC(=O)C2Cc3ccccc3O2)n1. The van der Waals surface area contributed by atoms with Gasteiger partial charge in [-0.15, -0.1) is 0 Å². The molecule has 1 aliphatic rings. The number of hydrogen-bond donors (Lipinski definition) is 2. The number of fused-ring (bicyclic) bond motifs is 1. The van der Waals surface area contributed by atoms with Crippen LogP contribution in [-0.2, 0) is 11.2 Å². The molecule has 2 heterocycles. The number of pyridine rings is 1. The molecule has 3 rings (SSSR count). The van der Waals surface area contributed by atoms with Crippen molar-refractivity contribution in [2.24, 2.45) is 0 Å². The highest BCUT2D eigenvalue weighted by Crippen LogP contribution is 2.28. The highest BCUT2D eigenvalue weighted by Gasteiger charge is 2.29. The Morgan fingerprint density at radius 1 is 1.19 bits per heavy atom. The number of hydrogen-bond acceptors (Lipinski definition) is 4. The van der Waals surface area contributed by atoms with Crippen LogP contribution in [0.1, 0.15) is 16.1 Å². The zero-order chi connectivity index (χ0) is 14.8. The Morgan fingerprint density at radius 2 is 2.00 bits per heavy atom. The van der Waals surface area contributed by atoms with Crippen LogP contribution in [0.5, 0.6) is 5.75 Å². The van der Waals surface area contributed by atoms with Crippen molar-refractivity contribution in [3.63, 3.8) is 0 Å². The minimum absolute atomic E-state index is 0.122. The van der Waals surface area contributed by atoms with Crippen LogP contribution in [-0.4, -0.2) is 28.1 Å². The van der Waals surface area contributed by atoms with E-state index in [4.69, 9.17) is 9.84 Å². The molecular weight excluding hydrogens is 272 g/mol. The predicted molar refractivity (Wildman–Crippen MR) is 74.4 cm³/mol. The van der Waals surface area contributed by atoms with Gasteiger partial charge in [0.25, 0.3) is 5.91 Å². The maximum absolute atomic E-state index is 12.1. The summed E-state index contributed by atoms with van der Waals surface area (Å²) in [5.74, 6) is -0.596. The Kier molecular flexibility index (Phi) is 3.27. The molecule has 0 spiro atoms. The lowest BCUT2D eigenvalue weighted by atomic mass is 10.1. The van der Waals surface area contributed by atoms with Gasteiger partial charge in [0.2, 0.25) is 0 Å². The number of ether oxygens (including phenoxy) is 1. The lowest BCUT2D eigenvalue weighted by Gasteiger charge is -2.11. The number of nitrogens with zero attached hydrogens (tertiary/aromatic N) is 1. The third-order valence-electron chi connectivity index (χ3n) is 3.16. The number of carbonyl (C=O) groups is 2. The molecule has 0 saturated carbocycles. The van der Waals surface area contributed by atoms with E-state index in [1.54, 1.807) is 0 Å². The van der Waals surface area contributed by atoms with E-state index in [9.17, 15) is 9.59 Å². The molecule has 1 aromatic heterocycles. The number of aromatic nitrogens is 1. The first-order valence-electron chi connectivity index (χ1n) is 6.39. The molecule has 1 atom stereocenters. The zero-order valence-electron chi connectivity index (χ0n) is 10.9. The van der Waals surface area contributed by atoms with Gasteiger partial charge in [0, 0.05) is 6.42 Å². The first-order valence-corrected chi connectivity index (χ1v) is 6.39. The molecule has 6 heteroatoms. The average molecular weight is 284 g/mol. The summed E-state index contributed by atoms with van der Waals surface area (Å²) in [5.41, 5.74) is 0.855. The number of carbonyl (C=O) groups excluding carboxylic acids is 1. The van der Waals surface area contributed by atoms with E-state index in [1.807, 2.05) is 24.3 Å². The number of anilines is 1. The number of carboxylic acid groups (broad SMARTS) is 1. The second kappa shape index (κ2) is 5.24. The van der Waals surface area contributed by atoms with E-state index in [2.05, 4.69) is 10.3 Å². The lowest BCUT2D eigenvalue weighted by molar-refractivity contribution is -0.122. The van der Waals surface area contributed by atoms with Gasteiger partial charge in [-0.3, -0.25) is 4.79 Å². The largest absolute Gasteiger partial charge is 0.480 e. The molecule has 106 valence electrons. The Balaban J connectivity index is 1.71. The van der Waals surface area contributed by atoms with E-state index >= 15 is 0 Å². The highest BCUT2D eigenvalue weighted by molar-refractivity contribution is 5.95. The number of carboxylic acids is 1. The summed E-state index contributed by atoms with van der Waals surface area (Å²) >= 11 is 0. The van der Waals surface area contributed by atoms with Crippen molar-refractivity contribution >= 4 is 17.7 Å². The second-order valence-corrected chi connectivity index (χ2v) is 4.62. The minimum Gasteiger partial charge on any atom is -0.480 e. The van der Waals surface area contributed by atoms with Crippen molar-refractivity contribution in [3.8, 4) is 5.75 Å². The summed E-state index contributed by atoms with van der Waals surface area (Å²) in [5, 5.41) is 11.4. The quantitative estimate of drug-likeness (QED) is 0.896. The number of rotatable bonds is 3. The first kappa shape index (κ1) is 13.1.